The van der Waals surface area contributed by atoms with Gasteiger partial charge in [0, 0.05) is 49.3 Å². The van der Waals surface area contributed by atoms with E-state index in [0.29, 0.717) is 5.95 Å². The zero-order chi connectivity index (χ0) is 40.9. The molecule has 62 heavy (non-hydrogen) atoms. The van der Waals surface area contributed by atoms with Crippen molar-refractivity contribution in [3.63, 3.8) is 0 Å². The molecule has 13 rings (SSSR count). The Balaban J connectivity index is 0.907. The summed E-state index contributed by atoms with van der Waals surface area (Å²) in [4.78, 5) is 10.7. The van der Waals surface area contributed by atoms with Crippen molar-refractivity contribution in [1.29, 1.82) is 0 Å². The summed E-state index contributed by atoms with van der Waals surface area (Å²) < 4.78 is 11.2. The second-order valence-electron chi connectivity index (χ2n) is 16.2. The standard InChI is InChI=1S/C56H35BrN4O/c57-53-46-33-37(27-31-52(46)62-55(53)43-19-11-13-34-12-1-2-14-39(34)43)36-26-30-51-45(32-36)42-17-6-10-23-50(42)61(51)56-58-47-20-7-3-18-44(47)54(59-56)35-24-28-38(29-25-35)60-48-21-8-4-15-40(48)41-16-5-9-22-49(41)60/h1-33,53,55H. The van der Waals surface area contributed by atoms with Gasteiger partial charge in [-0.25, -0.2) is 9.97 Å². The average Bonchev–Trinajstić information content (AvgIpc) is 3.97. The molecule has 6 heteroatoms. The number of hydrogen-bond donors (Lipinski definition) is 0. The number of halogens is 1. The quantitative estimate of drug-likeness (QED) is 0.162. The fourth-order valence-electron chi connectivity index (χ4n) is 9.85. The maximum atomic E-state index is 6.64. The molecule has 2 atom stereocenters. The first-order valence-electron chi connectivity index (χ1n) is 21.0. The SMILES string of the molecule is BrC1c2cc(-c3ccc4c(c3)c3ccccc3n4-c3nc(-c4ccc(-n5c6ccccc6c6ccccc65)cc4)c4ccccc4n3)ccc2OC1c1cccc2ccccc12. The maximum absolute atomic E-state index is 6.64. The second kappa shape index (κ2) is 13.7. The van der Waals surface area contributed by atoms with Crippen LogP contribution in [0, 0.1) is 0 Å². The molecule has 0 saturated carbocycles. The van der Waals surface area contributed by atoms with Crippen LogP contribution in [0.4, 0.5) is 0 Å². The van der Waals surface area contributed by atoms with Gasteiger partial charge in [0.15, 0.2) is 0 Å². The minimum Gasteiger partial charge on any atom is -0.484 e. The van der Waals surface area contributed by atoms with Crippen LogP contribution < -0.4 is 4.74 Å². The van der Waals surface area contributed by atoms with Gasteiger partial charge >= 0.3 is 0 Å². The number of alkyl halides is 1. The molecule has 0 radical (unpaired) electrons. The molecule has 292 valence electrons. The van der Waals surface area contributed by atoms with Gasteiger partial charge in [-0.1, -0.05) is 155 Å². The summed E-state index contributed by atoms with van der Waals surface area (Å²) in [5, 5.41) is 8.24. The predicted molar refractivity (Wildman–Crippen MR) is 258 cm³/mol. The van der Waals surface area contributed by atoms with Crippen molar-refractivity contribution in [3.05, 3.63) is 211 Å². The molecule has 0 bridgehead atoms. The third kappa shape index (κ3) is 5.33. The predicted octanol–water partition coefficient (Wildman–Crippen LogP) is 14.9. The molecule has 5 nitrogen and oxygen atoms in total. The molecule has 0 aliphatic carbocycles. The summed E-state index contributed by atoms with van der Waals surface area (Å²) in [5.41, 5.74) is 13.0. The molecule has 4 heterocycles. The van der Waals surface area contributed by atoms with Gasteiger partial charge in [-0.15, -0.1) is 0 Å². The summed E-state index contributed by atoms with van der Waals surface area (Å²) in [7, 11) is 0. The van der Waals surface area contributed by atoms with Crippen LogP contribution in [0.3, 0.4) is 0 Å². The highest BCUT2D eigenvalue weighted by atomic mass is 79.9. The minimum atomic E-state index is -0.128. The fraction of sp³-hybridized carbons (Fsp3) is 0.0357. The third-order valence-corrected chi connectivity index (χ3v) is 13.7. The second-order valence-corrected chi connectivity index (χ2v) is 17.1. The highest BCUT2D eigenvalue weighted by molar-refractivity contribution is 9.09. The maximum Gasteiger partial charge on any atom is 0.235 e. The first-order chi connectivity index (χ1) is 30.7. The Kier molecular flexibility index (Phi) is 7.81. The largest absolute Gasteiger partial charge is 0.484 e. The molecule has 9 aromatic carbocycles. The number of fused-ring (bicyclic) bond motifs is 9. The van der Waals surface area contributed by atoms with Crippen LogP contribution in [0.1, 0.15) is 22.1 Å². The van der Waals surface area contributed by atoms with E-state index in [4.69, 9.17) is 14.7 Å². The van der Waals surface area contributed by atoms with Crippen LogP contribution in [0.5, 0.6) is 5.75 Å². The van der Waals surface area contributed by atoms with E-state index in [0.717, 1.165) is 72.1 Å². The van der Waals surface area contributed by atoms with Gasteiger partial charge in [-0.05, 0) is 82.6 Å². The van der Waals surface area contributed by atoms with Gasteiger partial charge in [0.2, 0.25) is 5.95 Å². The number of rotatable bonds is 5. The highest BCUT2D eigenvalue weighted by Gasteiger charge is 2.35. The van der Waals surface area contributed by atoms with Gasteiger partial charge in [-0.2, -0.15) is 0 Å². The van der Waals surface area contributed by atoms with Crippen molar-refractivity contribution in [2.24, 2.45) is 0 Å². The van der Waals surface area contributed by atoms with E-state index in [1.54, 1.807) is 0 Å². The molecule has 1 aliphatic heterocycles. The zero-order valence-corrected chi connectivity index (χ0v) is 34.9. The molecule has 12 aromatic rings. The van der Waals surface area contributed by atoms with Crippen molar-refractivity contribution in [2.75, 3.05) is 0 Å². The molecule has 1 aliphatic rings. The smallest absolute Gasteiger partial charge is 0.235 e. The Labute approximate surface area is 365 Å². The van der Waals surface area contributed by atoms with Gasteiger partial charge in [-0.3, -0.25) is 4.57 Å². The van der Waals surface area contributed by atoms with Gasteiger partial charge in [0.1, 0.15) is 11.9 Å². The molecule has 0 N–H and O–H groups in total. The number of nitrogens with zero attached hydrogens (tertiary/aromatic N) is 4. The third-order valence-electron chi connectivity index (χ3n) is 12.7. The monoisotopic (exact) mass is 858 g/mol. The van der Waals surface area contributed by atoms with E-state index < -0.39 is 0 Å². The van der Waals surface area contributed by atoms with E-state index >= 15 is 0 Å². The number of hydrogen-bond acceptors (Lipinski definition) is 3. The van der Waals surface area contributed by atoms with Gasteiger partial charge < -0.3 is 9.30 Å². The number of aromatic nitrogens is 4. The molecular formula is C56H35BrN4O. The summed E-state index contributed by atoms with van der Waals surface area (Å²) in [6.07, 6.45) is -0.128. The van der Waals surface area contributed by atoms with Crippen molar-refractivity contribution in [2.45, 2.75) is 10.9 Å². The number of ether oxygens (including phenoxy) is 1. The summed E-state index contributed by atoms with van der Waals surface area (Å²) >= 11 is 4.06. The molecule has 0 saturated heterocycles. The lowest BCUT2D eigenvalue weighted by Crippen LogP contribution is -2.06. The van der Waals surface area contributed by atoms with E-state index in [1.807, 2.05) is 0 Å². The summed E-state index contributed by atoms with van der Waals surface area (Å²) in [5.74, 6) is 1.55. The van der Waals surface area contributed by atoms with Gasteiger partial charge in [0.05, 0.1) is 38.1 Å². The Morgan fingerprint density at radius 1 is 0.419 bits per heavy atom. The molecular weight excluding hydrogens is 825 g/mol. The number of para-hydroxylation sites is 4. The van der Waals surface area contributed by atoms with E-state index in [9.17, 15) is 0 Å². The Hall–Kier alpha value is -7.54. The average molecular weight is 860 g/mol. The summed E-state index contributed by atoms with van der Waals surface area (Å²) in [6, 6.07) is 71.3. The first kappa shape index (κ1) is 35.2. The first-order valence-corrected chi connectivity index (χ1v) is 21.9. The minimum absolute atomic E-state index is 0.0120. The molecule has 0 fully saturated rings. The van der Waals surface area contributed by atoms with Crippen LogP contribution in [-0.2, 0) is 0 Å². The van der Waals surface area contributed by atoms with E-state index in [-0.39, 0.29) is 10.9 Å². The van der Waals surface area contributed by atoms with E-state index in [1.165, 1.54) is 38.1 Å². The highest BCUT2D eigenvalue weighted by Crippen LogP contribution is 2.52. The molecule has 2 unspecified atom stereocenters. The Bertz CT molecular complexity index is 3710. The van der Waals surface area contributed by atoms with Crippen molar-refractivity contribution in [3.8, 4) is 39.8 Å². The zero-order valence-electron chi connectivity index (χ0n) is 33.3. The van der Waals surface area contributed by atoms with Crippen LogP contribution in [-0.4, -0.2) is 19.1 Å². The normalized spacial score (nSPS) is 15.0. The van der Waals surface area contributed by atoms with Crippen LogP contribution in [0.15, 0.2) is 200 Å². The molecule has 3 aromatic heterocycles. The van der Waals surface area contributed by atoms with Crippen LogP contribution in [0.2, 0.25) is 0 Å². The van der Waals surface area contributed by atoms with Crippen LogP contribution >= 0.6 is 15.9 Å². The Morgan fingerprint density at radius 2 is 0.984 bits per heavy atom. The Morgan fingerprint density at radius 3 is 1.74 bits per heavy atom. The van der Waals surface area contributed by atoms with Crippen molar-refractivity contribution >= 4 is 81.2 Å². The topological polar surface area (TPSA) is 44.9 Å². The number of benzene rings is 9. The lowest BCUT2D eigenvalue weighted by Gasteiger charge is -2.17. The lowest BCUT2D eigenvalue weighted by molar-refractivity contribution is 0.239. The molecule has 0 amide bonds. The molecule has 0 spiro atoms. The fourth-order valence-corrected chi connectivity index (χ4v) is 10.6. The van der Waals surface area contributed by atoms with Gasteiger partial charge in [0.25, 0.3) is 0 Å². The van der Waals surface area contributed by atoms with Crippen LogP contribution in [0.25, 0.3) is 99.3 Å². The summed E-state index contributed by atoms with van der Waals surface area (Å²) in [6.45, 7) is 0. The lowest BCUT2D eigenvalue weighted by atomic mass is 9.95. The van der Waals surface area contributed by atoms with Crippen molar-refractivity contribution in [1.82, 2.24) is 19.1 Å². The van der Waals surface area contributed by atoms with E-state index in [2.05, 4.69) is 225 Å². The van der Waals surface area contributed by atoms with Crippen molar-refractivity contribution < 1.29 is 4.74 Å².